The molecule has 0 aromatic heterocycles. The third-order valence-corrected chi connectivity index (χ3v) is 2.02. The minimum atomic E-state index is -0.156. The highest BCUT2D eigenvalue weighted by molar-refractivity contribution is 5.92. The Hall–Kier alpha value is -0.580. The summed E-state index contributed by atoms with van der Waals surface area (Å²) < 4.78 is 0.583. The highest BCUT2D eigenvalue weighted by Crippen LogP contribution is 2.04. The lowest BCUT2D eigenvalue weighted by Crippen LogP contribution is -3.00. The molecule has 0 bridgehead atoms. The topological polar surface area (TPSA) is 49.3 Å². The second-order valence-electron chi connectivity index (χ2n) is 4.40. The van der Waals surface area contributed by atoms with Crippen molar-refractivity contribution in [3.8, 4) is 0 Å². The predicted molar refractivity (Wildman–Crippen MR) is 56.5 cm³/mol. The molecule has 0 aliphatic rings. The summed E-state index contributed by atoms with van der Waals surface area (Å²) in [5.41, 5.74) is 0.487. The number of quaternary nitrogens is 1. The van der Waals surface area contributed by atoms with Gasteiger partial charge < -0.3 is 27.3 Å². The zero-order valence-corrected chi connectivity index (χ0v) is 10.6. The fourth-order valence-corrected chi connectivity index (χ4v) is 1.05. The summed E-state index contributed by atoms with van der Waals surface area (Å²) in [7, 11) is 5.91. The Morgan fingerprint density at radius 2 is 1.93 bits per heavy atom. The molecule has 2 N–H and O–H groups in total. The summed E-state index contributed by atoms with van der Waals surface area (Å²) in [5.74, 6) is -0.156. The summed E-state index contributed by atoms with van der Waals surface area (Å²) in [4.78, 5) is 11.4. The van der Waals surface area contributed by atoms with Crippen molar-refractivity contribution in [2.45, 2.75) is 19.5 Å². The normalized spacial score (nSPS) is 12.6. The minimum absolute atomic E-state index is 0. The summed E-state index contributed by atoms with van der Waals surface area (Å²) in [6, 6.07) is 0. The van der Waals surface area contributed by atoms with E-state index in [1.807, 2.05) is 21.1 Å². The van der Waals surface area contributed by atoms with Gasteiger partial charge in [0.25, 0.3) is 5.91 Å². The molecule has 0 aliphatic heterocycles. The first-order chi connectivity index (χ1) is 6.29. The van der Waals surface area contributed by atoms with E-state index < -0.39 is 0 Å². The largest absolute Gasteiger partial charge is 1.00 e. The van der Waals surface area contributed by atoms with Crippen molar-refractivity contribution in [1.82, 2.24) is 5.32 Å². The first-order valence-electron chi connectivity index (χ1n) is 4.67. The van der Waals surface area contributed by atoms with Crippen molar-refractivity contribution in [3.05, 3.63) is 12.2 Å². The van der Waals surface area contributed by atoms with Crippen LogP contribution in [0, 0.1) is 0 Å². The molecule has 0 aromatic rings. The van der Waals surface area contributed by atoms with E-state index in [0.29, 0.717) is 16.5 Å². The van der Waals surface area contributed by atoms with E-state index in [-0.39, 0.29) is 31.1 Å². The number of rotatable bonds is 5. The van der Waals surface area contributed by atoms with E-state index in [0.717, 1.165) is 0 Å². The van der Waals surface area contributed by atoms with Crippen molar-refractivity contribution >= 4 is 5.91 Å². The lowest BCUT2D eigenvalue weighted by atomic mass is 10.2. The third kappa shape index (κ3) is 6.49. The molecule has 1 atom stereocenters. The van der Waals surface area contributed by atoms with Gasteiger partial charge in [-0.2, -0.15) is 0 Å². The van der Waals surface area contributed by atoms with Crippen molar-refractivity contribution < 1.29 is 26.8 Å². The van der Waals surface area contributed by atoms with Crippen LogP contribution in [0.1, 0.15) is 13.3 Å². The summed E-state index contributed by atoms with van der Waals surface area (Å²) >= 11 is 0. The molecule has 5 heteroatoms. The van der Waals surface area contributed by atoms with E-state index in [9.17, 15) is 4.79 Å². The molecule has 15 heavy (non-hydrogen) atoms. The van der Waals surface area contributed by atoms with Crippen molar-refractivity contribution in [1.29, 1.82) is 0 Å². The quantitative estimate of drug-likeness (QED) is 0.306. The second kappa shape index (κ2) is 6.82. The number of aliphatic hydroxyl groups is 1. The van der Waals surface area contributed by atoms with E-state index in [1.54, 1.807) is 6.92 Å². The van der Waals surface area contributed by atoms with Crippen molar-refractivity contribution in [3.63, 3.8) is 0 Å². The summed E-state index contributed by atoms with van der Waals surface area (Å²) in [6.45, 7) is 5.30. The predicted octanol–water partition coefficient (Wildman–Crippen LogP) is -2.90. The number of nitrogens with zero attached hydrogens (tertiary/aromatic N) is 1. The van der Waals surface area contributed by atoms with Crippen molar-refractivity contribution in [2.75, 3.05) is 27.7 Å². The summed E-state index contributed by atoms with van der Waals surface area (Å²) in [6.07, 6.45) is 0.465. The maximum atomic E-state index is 11.4. The fourth-order valence-electron chi connectivity index (χ4n) is 1.05. The van der Waals surface area contributed by atoms with Gasteiger partial charge in [-0.05, 0) is 6.92 Å². The van der Waals surface area contributed by atoms with Gasteiger partial charge in [-0.25, -0.2) is 0 Å². The second-order valence-corrected chi connectivity index (χ2v) is 4.40. The molecule has 1 unspecified atom stereocenters. The lowest BCUT2D eigenvalue weighted by Gasteiger charge is -2.34. The maximum absolute atomic E-state index is 11.4. The number of amides is 1. The molecule has 0 aliphatic carbocycles. The van der Waals surface area contributed by atoms with Crippen LogP contribution in [0.5, 0.6) is 0 Å². The van der Waals surface area contributed by atoms with E-state index in [1.165, 1.54) is 0 Å². The van der Waals surface area contributed by atoms with Gasteiger partial charge >= 0.3 is 0 Å². The molecule has 4 nitrogen and oxygen atoms in total. The molecule has 0 saturated carbocycles. The standard InChI is InChI=1S/C10H20N2O2.ClH/c1-8(2)10(14)11-9(6-7-13)12(3,4)5;/h9,13H,1,6-7H2,2-5H3;1H. The van der Waals surface area contributed by atoms with Gasteiger partial charge in [-0.15, -0.1) is 0 Å². The molecule has 0 radical (unpaired) electrons. The van der Waals surface area contributed by atoms with Gasteiger partial charge in [0.15, 0.2) is 6.17 Å². The van der Waals surface area contributed by atoms with Gasteiger partial charge in [0.1, 0.15) is 0 Å². The Kier molecular flexibility index (Phi) is 7.66. The van der Waals surface area contributed by atoms with Crippen LogP contribution in [-0.4, -0.2) is 49.4 Å². The first kappa shape index (κ1) is 16.8. The monoisotopic (exact) mass is 236 g/mol. The van der Waals surface area contributed by atoms with Crippen LogP contribution in [-0.2, 0) is 4.79 Å². The number of halogens is 1. The number of hydrogen-bond donors (Lipinski definition) is 2. The molecule has 1 amide bonds. The van der Waals surface area contributed by atoms with Crippen LogP contribution in [0.3, 0.4) is 0 Å². The van der Waals surface area contributed by atoms with Crippen LogP contribution >= 0.6 is 0 Å². The Morgan fingerprint density at radius 1 is 1.47 bits per heavy atom. The highest BCUT2D eigenvalue weighted by Gasteiger charge is 2.24. The first-order valence-corrected chi connectivity index (χ1v) is 4.67. The molecule has 0 fully saturated rings. The van der Waals surface area contributed by atoms with Crippen molar-refractivity contribution in [2.24, 2.45) is 0 Å². The zero-order chi connectivity index (χ0) is 11.4. The fraction of sp³-hybridized carbons (Fsp3) is 0.700. The third-order valence-electron chi connectivity index (χ3n) is 2.02. The molecule has 0 heterocycles. The lowest BCUT2D eigenvalue weighted by molar-refractivity contribution is -0.898. The molecular weight excluding hydrogens is 216 g/mol. The van der Waals surface area contributed by atoms with Crippen LogP contribution in [0.25, 0.3) is 0 Å². The van der Waals surface area contributed by atoms with Gasteiger partial charge in [0, 0.05) is 12.0 Å². The average Bonchev–Trinajstić information content (AvgIpc) is 2.01. The number of hydrogen-bond acceptors (Lipinski definition) is 2. The van der Waals surface area contributed by atoms with Gasteiger partial charge in [0.2, 0.25) is 0 Å². The van der Waals surface area contributed by atoms with Crippen LogP contribution in [0.4, 0.5) is 0 Å². The smallest absolute Gasteiger partial charge is 0.250 e. The van der Waals surface area contributed by atoms with Gasteiger partial charge in [0.05, 0.1) is 27.7 Å². The van der Waals surface area contributed by atoms with E-state index in [4.69, 9.17) is 5.11 Å². The van der Waals surface area contributed by atoms with Crippen LogP contribution in [0.15, 0.2) is 12.2 Å². The van der Waals surface area contributed by atoms with Crippen LogP contribution in [0.2, 0.25) is 0 Å². The SMILES string of the molecule is C=C(C)C(=O)NC(CCO)[N+](C)(C)C.[Cl-]. The minimum Gasteiger partial charge on any atom is -1.00 e. The van der Waals surface area contributed by atoms with Gasteiger partial charge in [-0.1, -0.05) is 6.58 Å². The molecule has 0 saturated heterocycles. The molecule has 0 aromatic carbocycles. The highest BCUT2D eigenvalue weighted by atomic mass is 35.5. The van der Waals surface area contributed by atoms with Crippen LogP contribution < -0.4 is 17.7 Å². The number of aliphatic hydroxyl groups excluding tert-OH is 1. The Bertz CT molecular complexity index is 224. The molecule has 0 rings (SSSR count). The molecular formula is C10H21ClN2O2. The Morgan fingerprint density at radius 3 is 2.20 bits per heavy atom. The van der Waals surface area contributed by atoms with E-state index >= 15 is 0 Å². The van der Waals surface area contributed by atoms with E-state index in [2.05, 4.69) is 11.9 Å². The number of carbonyl (C=O) groups is 1. The molecule has 90 valence electrons. The Balaban J connectivity index is 0. The number of carbonyl (C=O) groups excluding carboxylic acids is 1. The zero-order valence-electron chi connectivity index (χ0n) is 9.88. The van der Waals surface area contributed by atoms with Gasteiger partial charge in [-0.3, -0.25) is 4.79 Å². The number of nitrogens with one attached hydrogen (secondary N) is 1. The maximum Gasteiger partial charge on any atom is 0.250 e. The Labute approximate surface area is 98.0 Å². The summed E-state index contributed by atoms with van der Waals surface area (Å²) in [5, 5.41) is 11.7. The molecule has 0 spiro atoms. The average molecular weight is 237 g/mol.